The van der Waals surface area contributed by atoms with Gasteiger partial charge in [0.2, 0.25) is 0 Å². The molecule has 0 spiro atoms. The van der Waals surface area contributed by atoms with E-state index in [4.69, 9.17) is 11.6 Å². The zero-order valence-corrected chi connectivity index (χ0v) is 14.0. The van der Waals surface area contributed by atoms with Crippen molar-refractivity contribution in [2.24, 2.45) is 0 Å². The monoisotopic (exact) mass is 317 g/mol. The Morgan fingerprint density at radius 2 is 1.90 bits per heavy atom. The maximum Gasteiger partial charge on any atom is 0.158 e. The molecule has 0 fully saturated rings. The van der Waals surface area contributed by atoms with Gasteiger partial charge in [-0.25, -0.2) is 8.42 Å². The van der Waals surface area contributed by atoms with E-state index in [-0.39, 0.29) is 11.8 Å². The molecule has 5 heteroatoms. The fourth-order valence-electron chi connectivity index (χ4n) is 2.19. The highest BCUT2D eigenvalue weighted by Crippen LogP contribution is 2.21. The third kappa shape index (κ3) is 4.76. The minimum atomic E-state index is -3.22. The summed E-state index contributed by atoms with van der Waals surface area (Å²) in [6, 6.07) is 7.10. The van der Waals surface area contributed by atoms with Crippen molar-refractivity contribution in [3.8, 4) is 0 Å². The van der Waals surface area contributed by atoms with Gasteiger partial charge in [-0.2, -0.15) is 0 Å². The maximum absolute atomic E-state index is 12.5. The maximum atomic E-state index is 12.5. The first kappa shape index (κ1) is 17.5. The van der Waals surface area contributed by atoms with Crippen LogP contribution < -0.4 is 5.32 Å². The number of benzene rings is 1. The molecular weight excluding hydrogens is 294 g/mol. The molecule has 1 rings (SSSR count). The van der Waals surface area contributed by atoms with E-state index in [2.05, 4.69) is 12.2 Å². The van der Waals surface area contributed by atoms with Gasteiger partial charge in [0.25, 0.3) is 0 Å². The number of hydrogen-bond donors (Lipinski definition) is 1. The minimum absolute atomic E-state index is 0.00184. The number of nitrogens with one attached hydrogen (secondary N) is 1. The predicted molar refractivity (Wildman–Crippen MR) is 85.9 cm³/mol. The van der Waals surface area contributed by atoms with E-state index in [1.807, 2.05) is 13.0 Å². The fraction of sp³-hybridized carbons (Fsp3) is 0.600. The van der Waals surface area contributed by atoms with Crippen LogP contribution in [0.4, 0.5) is 0 Å². The minimum Gasteiger partial charge on any atom is -0.313 e. The Morgan fingerprint density at radius 3 is 2.45 bits per heavy atom. The van der Waals surface area contributed by atoms with Crippen LogP contribution in [0.15, 0.2) is 24.3 Å². The van der Waals surface area contributed by atoms with Crippen molar-refractivity contribution >= 4 is 21.4 Å². The first-order valence-electron chi connectivity index (χ1n) is 7.10. The first-order valence-corrected chi connectivity index (χ1v) is 9.20. The molecule has 0 saturated heterocycles. The SMILES string of the molecule is CCCNC(CC)C(C)S(=O)(=O)Cc1ccccc1Cl. The second-order valence-corrected chi connectivity index (χ2v) is 7.84. The molecule has 0 saturated carbocycles. The quantitative estimate of drug-likeness (QED) is 0.799. The molecule has 0 bridgehead atoms. The van der Waals surface area contributed by atoms with Crippen molar-refractivity contribution in [3.05, 3.63) is 34.9 Å². The molecule has 0 aromatic heterocycles. The largest absolute Gasteiger partial charge is 0.313 e. The molecule has 1 N–H and O–H groups in total. The standard InChI is InChI=1S/C15H24ClNO2S/c1-4-10-17-15(5-2)12(3)20(18,19)11-13-8-6-7-9-14(13)16/h6-9,12,15,17H,4-5,10-11H2,1-3H3. The summed E-state index contributed by atoms with van der Waals surface area (Å²) in [5.74, 6) is -0.00184. The number of sulfone groups is 1. The average Bonchev–Trinajstić information content (AvgIpc) is 2.42. The molecule has 3 nitrogen and oxygen atoms in total. The Hall–Kier alpha value is -0.580. The van der Waals surface area contributed by atoms with Gasteiger partial charge < -0.3 is 5.32 Å². The van der Waals surface area contributed by atoms with Gasteiger partial charge in [-0.1, -0.05) is 43.6 Å². The highest BCUT2D eigenvalue weighted by molar-refractivity contribution is 7.91. The summed E-state index contributed by atoms with van der Waals surface area (Å²) in [5, 5.41) is 3.40. The smallest absolute Gasteiger partial charge is 0.158 e. The van der Waals surface area contributed by atoms with E-state index in [0.717, 1.165) is 19.4 Å². The van der Waals surface area contributed by atoms with Gasteiger partial charge in [0.15, 0.2) is 9.84 Å². The number of halogens is 1. The van der Waals surface area contributed by atoms with Crippen molar-refractivity contribution in [1.82, 2.24) is 5.32 Å². The lowest BCUT2D eigenvalue weighted by Gasteiger charge is -2.24. The molecule has 2 unspecified atom stereocenters. The van der Waals surface area contributed by atoms with Gasteiger partial charge in [-0.05, 0) is 37.9 Å². The molecular formula is C15H24ClNO2S. The van der Waals surface area contributed by atoms with Crippen LogP contribution in [0.3, 0.4) is 0 Å². The van der Waals surface area contributed by atoms with Gasteiger partial charge in [0.05, 0.1) is 11.0 Å². The molecule has 0 aliphatic carbocycles. The van der Waals surface area contributed by atoms with Crippen molar-refractivity contribution in [1.29, 1.82) is 0 Å². The van der Waals surface area contributed by atoms with Gasteiger partial charge in [-0.3, -0.25) is 0 Å². The summed E-state index contributed by atoms with van der Waals surface area (Å²) < 4.78 is 25.0. The summed E-state index contributed by atoms with van der Waals surface area (Å²) in [5.41, 5.74) is 0.673. The zero-order chi connectivity index (χ0) is 15.2. The summed E-state index contributed by atoms with van der Waals surface area (Å²) in [6.07, 6.45) is 1.79. The second kappa shape index (κ2) is 8.01. The van der Waals surface area contributed by atoms with E-state index in [1.54, 1.807) is 25.1 Å². The fourth-order valence-corrected chi connectivity index (χ4v) is 4.21. The van der Waals surface area contributed by atoms with Gasteiger partial charge in [0, 0.05) is 11.1 Å². The normalized spacial score (nSPS) is 15.0. The van der Waals surface area contributed by atoms with Crippen LogP contribution in [-0.4, -0.2) is 26.3 Å². The zero-order valence-electron chi connectivity index (χ0n) is 12.4. The summed E-state index contributed by atoms with van der Waals surface area (Å²) in [6.45, 7) is 6.70. The molecule has 0 aliphatic heterocycles. The van der Waals surface area contributed by atoms with E-state index in [0.29, 0.717) is 10.6 Å². The van der Waals surface area contributed by atoms with E-state index >= 15 is 0 Å². The van der Waals surface area contributed by atoms with Gasteiger partial charge >= 0.3 is 0 Å². The van der Waals surface area contributed by atoms with Crippen LogP contribution >= 0.6 is 11.6 Å². The Balaban J connectivity index is 2.84. The number of hydrogen-bond acceptors (Lipinski definition) is 3. The molecule has 114 valence electrons. The molecule has 0 amide bonds. The molecule has 2 atom stereocenters. The summed E-state index contributed by atoms with van der Waals surface area (Å²) in [7, 11) is -3.22. The van der Waals surface area contributed by atoms with Crippen LogP contribution in [0.2, 0.25) is 5.02 Å². The van der Waals surface area contributed by atoms with Gasteiger partial charge in [0.1, 0.15) is 0 Å². The summed E-state index contributed by atoms with van der Waals surface area (Å²) in [4.78, 5) is 0. The van der Waals surface area contributed by atoms with Crippen molar-refractivity contribution < 1.29 is 8.42 Å². The lowest BCUT2D eigenvalue weighted by molar-refractivity contribution is 0.471. The van der Waals surface area contributed by atoms with Gasteiger partial charge in [-0.15, -0.1) is 0 Å². The Bertz CT molecular complexity index is 516. The van der Waals surface area contributed by atoms with Crippen LogP contribution in [0, 0.1) is 0 Å². The van der Waals surface area contributed by atoms with E-state index in [9.17, 15) is 8.42 Å². The van der Waals surface area contributed by atoms with Crippen LogP contribution in [0.25, 0.3) is 0 Å². The topological polar surface area (TPSA) is 46.2 Å². The third-order valence-corrected chi connectivity index (χ3v) is 6.09. The number of rotatable bonds is 8. The highest BCUT2D eigenvalue weighted by atomic mass is 35.5. The molecule has 20 heavy (non-hydrogen) atoms. The van der Waals surface area contributed by atoms with Crippen LogP contribution in [0.5, 0.6) is 0 Å². The lowest BCUT2D eigenvalue weighted by Crippen LogP contribution is -2.42. The molecule has 1 aromatic carbocycles. The summed E-state index contributed by atoms with van der Waals surface area (Å²) >= 11 is 6.05. The Morgan fingerprint density at radius 1 is 1.25 bits per heavy atom. The van der Waals surface area contributed by atoms with Crippen molar-refractivity contribution in [3.63, 3.8) is 0 Å². The highest BCUT2D eigenvalue weighted by Gasteiger charge is 2.28. The lowest BCUT2D eigenvalue weighted by atomic mass is 10.1. The van der Waals surface area contributed by atoms with E-state index in [1.165, 1.54) is 0 Å². The Kier molecular flexibility index (Phi) is 7.00. The van der Waals surface area contributed by atoms with E-state index < -0.39 is 15.1 Å². The third-order valence-electron chi connectivity index (χ3n) is 3.54. The molecule has 0 heterocycles. The van der Waals surface area contributed by atoms with Crippen LogP contribution in [0.1, 0.15) is 39.2 Å². The first-order chi connectivity index (χ1) is 9.42. The van der Waals surface area contributed by atoms with Crippen molar-refractivity contribution in [2.45, 2.75) is 50.7 Å². The molecule has 1 aromatic rings. The average molecular weight is 318 g/mol. The van der Waals surface area contributed by atoms with Crippen LogP contribution in [-0.2, 0) is 15.6 Å². The van der Waals surface area contributed by atoms with Crippen molar-refractivity contribution in [2.75, 3.05) is 6.54 Å². The second-order valence-electron chi connectivity index (χ2n) is 5.07. The molecule has 0 radical (unpaired) electrons. The Labute approximate surface area is 127 Å². The molecule has 0 aliphatic rings. The predicted octanol–water partition coefficient (Wildman–Crippen LogP) is 3.42.